The van der Waals surface area contributed by atoms with E-state index in [2.05, 4.69) is 64.8 Å². The Labute approximate surface area is 412 Å². The van der Waals surface area contributed by atoms with Crippen LogP contribution in [0.1, 0.15) is 13.3 Å². The van der Waals surface area contributed by atoms with Crippen molar-refractivity contribution in [2.45, 2.75) is 37.8 Å². The number of phenols is 1. The first-order chi connectivity index (χ1) is 33.2. The van der Waals surface area contributed by atoms with Gasteiger partial charge < -0.3 is 25.7 Å². The van der Waals surface area contributed by atoms with Crippen molar-refractivity contribution >= 4 is 146 Å². The van der Waals surface area contributed by atoms with Crippen LogP contribution >= 0.6 is 47.7 Å². The smallest absolute Gasteiger partial charge is 0.330 e. The summed E-state index contributed by atoms with van der Waals surface area (Å²) in [6.45, 7) is 1.69. The van der Waals surface area contributed by atoms with E-state index < -0.39 is 74.3 Å². The number of anilines is 5. The predicted molar refractivity (Wildman–Crippen MR) is 251 cm³/mol. The van der Waals surface area contributed by atoms with Crippen molar-refractivity contribution in [3.63, 3.8) is 0 Å². The Morgan fingerprint density at radius 2 is 1.39 bits per heavy atom. The van der Waals surface area contributed by atoms with E-state index in [-0.39, 0.29) is 72.7 Å². The predicted octanol–water partition coefficient (Wildman–Crippen LogP) is 9.01. The second kappa shape index (κ2) is 23.3. The average Bonchev–Trinajstić information content (AvgIpc) is 3.29. The van der Waals surface area contributed by atoms with Crippen LogP contribution in [0.15, 0.2) is 124 Å². The van der Waals surface area contributed by atoms with Gasteiger partial charge in [0.25, 0.3) is 20.2 Å². The van der Waals surface area contributed by atoms with Crippen molar-refractivity contribution in [2.24, 2.45) is 20.5 Å². The molecule has 0 radical (unpaired) electrons. The lowest BCUT2D eigenvalue weighted by Gasteiger charge is -2.14. The van der Waals surface area contributed by atoms with Crippen LogP contribution in [0.25, 0.3) is 10.8 Å². The van der Waals surface area contributed by atoms with Gasteiger partial charge in [-0.25, -0.2) is 18.9 Å². The zero-order valence-electron chi connectivity index (χ0n) is 34.8. The minimum Gasteiger partial charge on any atom is -0.505 e. The summed E-state index contributed by atoms with van der Waals surface area (Å²) in [7, 11) is -13.8. The number of nitrogens with zero attached hydrogens (tertiary/aromatic N) is 7. The topological polar surface area (TPSA) is 405 Å². The Kier molecular flexibility index (Phi) is 17.8. The van der Waals surface area contributed by atoms with Crippen LogP contribution in [0.3, 0.4) is 0 Å². The van der Waals surface area contributed by atoms with Crippen molar-refractivity contribution in [3.05, 3.63) is 84.1 Å². The maximum atomic E-state index is 12.6. The summed E-state index contributed by atoms with van der Waals surface area (Å²) < 4.78 is 109. The van der Waals surface area contributed by atoms with Gasteiger partial charge in [-0.05, 0) is 102 Å². The third kappa shape index (κ3) is 13.9. The van der Waals surface area contributed by atoms with E-state index in [0.717, 1.165) is 36.3 Å². The number of carbonyl (C=O) groups excluding carboxylic acids is 1. The first-order valence-electron chi connectivity index (χ1n) is 18.8. The number of aromatic hydroxyl groups is 1. The maximum absolute atomic E-state index is 12.6. The van der Waals surface area contributed by atoms with Gasteiger partial charge in [-0.15, -0.1) is 24.0 Å². The van der Waals surface area contributed by atoms with Crippen molar-refractivity contribution in [1.82, 2.24) is 15.0 Å². The molecule has 1 aromatic heterocycles. The van der Waals surface area contributed by atoms with E-state index >= 15 is 0 Å². The normalized spacial score (nSPS) is 12.3. The van der Waals surface area contributed by atoms with Crippen LogP contribution < -0.4 is 16.4 Å². The van der Waals surface area contributed by atoms with Gasteiger partial charge >= 0.3 is 5.97 Å². The number of rotatable bonds is 22. The van der Waals surface area contributed by atoms with Crippen molar-refractivity contribution in [1.29, 1.82) is 0 Å². The minimum absolute atomic E-state index is 0.00854. The average molecular weight is 1100 g/mol. The molecule has 5 aromatic carbocycles. The van der Waals surface area contributed by atoms with Crippen LogP contribution in [0.2, 0.25) is 5.28 Å². The molecule has 34 heteroatoms. The summed E-state index contributed by atoms with van der Waals surface area (Å²) in [5.41, 5.74) is 4.70. The van der Waals surface area contributed by atoms with Gasteiger partial charge in [0.15, 0.2) is 15.6 Å². The van der Waals surface area contributed by atoms with Crippen LogP contribution in [0.4, 0.5) is 51.7 Å². The van der Waals surface area contributed by atoms with E-state index in [1.165, 1.54) is 30.3 Å². The first kappa shape index (κ1) is 53.5. The number of sulfone groups is 1. The molecule has 0 aliphatic heterocycles. The second-order valence-corrected chi connectivity index (χ2v) is 20.8. The molecule has 0 saturated heterocycles. The number of hydrogen-bond donors (Lipinski definition) is 8. The summed E-state index contributed by atoms with van der Waals surface area (Å²) in [6.07, 6.45) is 0.362. The number of halogens is 1. The SMILES string of the molecule is CCCS(=O)(=O)c1ccc(N=Nc2c(S(=O)(=O)O)cc3cc(SOOO)c(N=Nc4cc(Nc5nc(Cl)nc(Nc6ccc(SOC(=O)CSOOO)cc6)n5)ccc4S(=O)(=O)O)c(N)c3c2O)cc1. The van der Waals surface area contributed by atoms with E-state index in [0.29, 0.717) is 29.0 Å². The fraction of sp³-hybridized carbons (Fsp3) is 0.111. The molecule has 0 spiro atoms. The lowest BCUT2D eigenvalue weighted by molar-refractivity contribution is -0.432. The molecule has 0 bridgehead atoms. The third-order valence-electron chi connectivity index (χ3n) is 8.64. The Balaban J connectivity index is 1.33. The molecule has 0 unspecified atom stereocenters. The Hall–Kier alpha value is -5.89. The number of benzene rings is 5. The molecular formula is C36H31ClN10O17S6. The maximum Gasteiger partial charge on any atom is 0.330 e. The van der Waals surface area contributed by atoms with E-state index in [1.807, 2.05) is 0 Å². The highest BCUT2D eigenvalue weighted by Gasteiger charge is 2.26. The Morgan fingerprint density at radius 3 is 2.01 bits per heavy atom. The summed E-state index contributed by atoms with van der Waals surface area (Å²) in [5.74, 6) is -2.28. The summed E-state index contributed by atoms with van der Waals surface area (Å²) in [4.78, 5) is 22.6. The highest BCUT2D eigenvalue weighted by Crippen LogP contribution is 2.50. The summed E-state index contributed by atoms with van der Waals surface area (Å²) in [5, 5.41) is 56.3. The molecule has 1 heterocycles. The third-order valence-corrected chi connectivity index (χ3v) is 14.4. The lowest BCUT2D eigenvalue weighted by atomic mass is 10.1. The van der Waals surface area contributed by atoms with Crippen molar-refractivity contribution < 1.29 is 77.7 Å². The van der Waals surface area contributed by atoms with E-state index in [1.54, 1.807) is 31.2 Å². The molecule has 0 atom stereocenters. The van der Waals surface area contributed by atoms with Crippen molar-refractivity contribution in [2.75, 3.05) is 27.9 Å². The van der Waals surface area contributed by atoms with E-state index in [9.17, 15) is 44.3 Å². The summed E-state index contributed by atoms with van der Waals surface area (Å²) in [6, 6.07) is 16.6. The number of nitrogen functional groups attached to an aromatic ring is 1. The largest absolute Gasteiger partial charge is 0.505 e. The highest BCUT2D eigenvalue weighted by molar-refractivity contribution is 7.96. The van der Waals surface area contributed by atoms with Crippen LogP contribution in [0, 0.1) is 0 Å². The number of azo groups is 2. The lowest BCUT2D eigenvalue weighted by Crippen LogP contribution is -2.05. The molecule has 370 valence electrons. The number of aromatic nitrogens is 3. The molecule has 70 heavy (non-hydrogen) atoms. The van der Waals surface area contributed by atoms with Crippen LogP contribution in [-0.4, -0.2) is 82.4 Å². The van der Waals surface area contributed by atoms with Crippen LogP contribution in [0.5, 0.6) is 5.75 Å². The fourth-order valence-electron chi connectivity index (χ4n) is 5.76. The highest BCUT2D eigenvalue weighted by atomic mass is 35.5. The molecule has 27 nitrogen and oxygen atoms in total. The van der Waals surface area contributed by atoms with Gasteiger partial charge in [0.05, 0.1) is 56.4 Å². The second-order valence-electron chi connectivity index (χ2n) is 13.3. The minimum atomic E-state index is -5.17. The van der Waals surface area contributed by atoms with Gasteiger partial charge in [-0.1, -0.05) is 17.0 Å². The van der Waals surface area contributed by atoms with Gasteiger partial charge in [0.1, 0.15) is 32.6 Å². The molecule has 6 rings (SSSR count). The van der Waals surface area contributed by atoms with Gasteiger partial charge in [0, 0.05) is 28.3 Å². The van der Waals surface area contributed by atoms with Crippen LogP contribution in [-0.2, 0) is 57.8 Å². The number of phenolic OH excluding ortho intramolecular Hbond substituents is 1. The molecule has 0 amide bonds. The molecule has 0 saturated carbocycles. The first-order valence-corrected chi connectivity index (χ1v) is 26.1. The standard InChI is InChI=1S/C36H31ClN10O17S6/c1-2-13-68(52,53)23-10-5-20(6-11-23)44-47-32-27(70(57,58)59)15-18-14-25(67-64-62-51)31(30(38)29(18)33(32)49)46-45-24-16-21(7-12-26(24)69(54,55)56)40-36-42-34(37)41-35(43-36)39-19-3-8-22(9-4-19)66-60-28(48)17-65-63-61-50/h3-12,14-16,49-51H,2,13,17,38H2,1H3,(H,54,55,56)(H,57,58,59)(H2,39,40,41,42,43). The molecule has 0 aliphatic rings. The van der Waals surface area contributed by atoms with Gasteiger partial charge in [-0.2, -0.15) is 36.9 Å². The summed E-state index contributed by atoms with van der Waals surface area (Å²) >= 11 is 7.67. The molecule has 6 aromatic rings. The molecule has 0 aliphatic carbocycles. The zero-order valence-corrected chi connectivity index (χ0v) is 40.5. The number of fused-ring (bicyclic) bond motifs is 1. The van der Waals surface area contributed by atoms with Crippen molar-refractivity contribution in [3.8, 4) is 5.75 Å². The number of nitrogens with two attached hydrogens (primary N) is 1. The fourth-order valence-corrected chi connectivity index (χ4v) is 9.83. The number of nitrogens with one attached hydrogen (secondary N) is 2. The van der Waals surface area contributed by atoms with Gasteiger partial charge in [0.2, 0.25) is 17.2 Å². The van der Waals surface area contributed by atoms with E-state index in [4.69, 9.17) is 32.0 Å². The Morgan fingerprint density at radius 1 is 0.757 bits per heavy atom. The number of hydrogen-bond acceptors (Lipinski definition) is 28. The molecule has 0 fully saturated rings. The molecular weight excluding hydrogens is 1070 g/mol. The zero-order chi connectivity index (χ0) is 50.8. The molecule has 9 N–H and O–H groups in total. The van der Waals surface area contributed by atoms with Gasteiger partial charge in [-0.3, -0.25) is 13.9 Å². The quantitative estimate of drug-likeness (QED) is 0.00597. The monoisotopic (exact) mass is 1100 g/mol. The Bertz CT molecular complexity index is 3330. The number of carbonyl (C=O) groups is 1.